The lowest BCUT2D eigenvalue weighted by Gasteiger charge is -2.37. The van der Waals surface area contributed by atoms with Crippen LogP contribution in [-0.2, 0) is 12.8 Å². The summed E-state index contributed by atoms with van der Waals surface area (Å²) in [5.41, 5.74) is 1.09. The minimum atomic E-state index is 0.490. The molecule has 0 aliphatic carbocycles. The molecule has 1 fully saturated rings. The van der Waals surface area contributed by atoms with Crippen LogP contribution in [0.4, 0.5) is 5.82 Å². The number of aromatic nitrogens is 2. The van der Waals surface area contributed by atoms with Gasteiger partial charge in [0.25, 0.3) is 0 Å². The number of hydrogen-bond acceptors (Lipinski definition) is 5. The first-order valence-electron chi connectivity index (χ1n) is 7.73. The summed E-state index contributed by atoms with van der Waals surface area (Å²) >= 11 is 3.62. The number of piperazine rings is 1. The lowest BCUT2D eigenvalue weighted by molar-refractivity contribution is 0.113. The summed E-state index contributed by atoms with van der Waals surface area (Å²) in [5.74, 6) is 1.87. The molecule has 118 valence electrons. The van der Waals surface area contributed by atoms with E-state index >= 15 is 0 Å². The van der Waals surface area contributed by atoms with Gasteiger partial charge in [-0.3, -0.25) is 0 Å². The first-order valence-corrected chi connectivity index (χ1v) is 8.52. The van der Waals surface area contributed by atoms with E-state index in [4.69, 9.17) is 9.97 Å². The SMILES string of the molecule is CCNc1nc(CC2CN(C)CCN2C)nc(CC)c1Br. The van der Waals surface area contributed by atoms with Crippen LogP contribution in [0, 0.1) is 0 Å². The molecule has 1 atom stereocenters. The zero-order valence-corrected chi connectivity index (χ0v) is 15.1. The molecular weight excluding hydrogens is 330 g/mol. The Bertz CT molecular complexity index is 479. The summed E-state index contributed by atoms with van der Waals surface area (Å²) in [4.78, 5) is 14.3. The van der Waals surface area contributed by atoms with Crippen molar-refractivity contribution in [2.24, 2.45) is 0 Å². The van der Waals surface area contributed by atoms with Gasteiger partial charge in [-0.1, -0.05) is 6.92 Å². The first-order chi connectivity index (χ1) is 10.0. The Morgan fingerprint density at radius 3 is 2.67 bits per heavy atom. The highest BCUT2D eigenvalue weighted by atomic mass is 79.9. The lowest BCUT2D eigenvalue weighted by Crippen LogP contribution is -2.51. The molecule has 0 aromatic carbocycles. The third kappa shape index (κ3) is 4.14. The van der Waals surface area contributed by atoms with Crippen LogP contribution in [-0.4, -0.2) is 66.1 Å². The average Bonchev–Trinajstić information content (AvgIpc) is 2.46. The topological polar surface area (TPSA) is 44.3 Å². The van der Waals surface area contributed by atoms with Gasteiger partial charge in [0.2, 0.25) is 0 Å². The third-order valence-electron chi connectivity index (χ3n) is 4.04. The highest BCUT2D eigenvalue weighted by molar-refractivity contribution is 9.10. The van der Waals surface area contributed by atoms with E-state index in [0.29, 0.717) is 6.04 Å². The molecule has 2 heterocycles. The minimum absolute atomic E-state index is 0.490. The second kappa shape index (κ2) is 7.51. The molecule has 0 amide bonds. The van der Waals surface area contributed by atoms with Gasteiger partial charge >= 0.3 is 0 Å². The number of aryl methyl sites for hydroxylation is 1. The molecule has 1 unspecified atom stereocenters. The van der Waals surface area contributed by atoms with E-state index in [0.717, 1.165) is 60.8 Å². The number of nitrogens with one attached hydrogen (secondary N) is 1. The maximum absolute atomic E-state index is 4.74. The molecule has 5 nitrogen and oxygen atoms in total. The fourth-order valence-electron chi connectivity index (χ4n) is 2.69. The number of rotatable bonds is 5. The van der Waals surface area contributed by atoms with Crippen LogP contribution in [0.25, 0.3) is 0 Å². The second-order valence-electron chi connectivity index (χ2n) is 5.73. The van der Waals surface area contributed by atoms with E-state index in [1.807, 2.05) is 0 Å². The molecule has 0 bridgehead atoms. The van der Waals surface area contributed by atoms with Gasteiger partial charge in [-0.15, -0.1) is 0 Å². The zero-order chi connectivity index (χ0) is 15.4. The maximum Gasteiger partial charge on any atom is 0.144 e. The van der Waals surface area contributed by atoms with E-state index in [1.165, 1.54) is 0 Å². The Morgan fingerprint density at radius 2 is 2.00 bits per heavy atom. The van der Waals surface area contributed by atoms with Gasteiger partial charge < -0.3 is 15.1 Å². The summed E-state index contributed by atoms with van der Waals surface area (Å²) < 4.78 is 1.00. The van der Waals surface area contributed by atoms with E-state index in [2.05, 4.69) is 59.0 Å². The lowest BCUT2D eigenvalue weighted by atomic mass is 10.1. The molecule has 1 N–H and O–H groups in total. The highest BCUT2D eigenvalue weighted by Crippen LogP contribution is 2.24. The number of hydrogen-bond donors (Lipinski definition) is 1. The van der Waals surface area contributed by atoms with Crippen LogP contribution in [0.2, 0.25) is 0 Å². The Morgan fingerprint density at radius 1 is 1.24 bits per heavy atom. The van der Waals surface area contributed by atoms with Crippen molar-refractivity contribution in [2.75, 3.05) is 45.6 Å². The fraction of sp³-hybridized carbons (Fsp3) is 0.733. The normalized spacial score (nSPS) is 20.7. The summed E-state index contributed by atoms with van der Waals surface area (Å²) in [6.07, 6.45) is 1.81. The number of halogens is 1. The van der Waals surface area contributed by atoms with Crippen LogP contribution in [0.3, 0.4) is 0 Å². The van der Waals surface area contributed by atoms with E-state index in [9.17, 15) is 0 Å². The van der Waals surface area contributed by atoms with E-state index in [1.54, 1.807) is 0 Å². The summed E-state index contributed by atoms with van der Waals surface area (Å²) in [6.45, 7) is 8.41. The van der Waals surface area contributed by atoms with E-state index < -0.39 is 0 Å². The van der Waals surface area contributed by atoms with Crippen molar-refractivity contribution in [1.82, 2.24) is 19.8 Å². The molecule has 1 aliphatic rings. The smallest absolute Gasteiger partial charge is 0.144 e. The van der Waals surface area contributed by atoms with Crippen molar-refractivity contribution < 1.29 is 0 Å². The van der Waals surface area contributed by atoms with Crippen molar-refractivity contribution in [3.05, 3.63) is 16.0 Å². The molecule has 0 saturated carbocycles. The van der Waals surface area contributed by atoms with Crippen LogP contribution in [0.1, 0.15) is 25.4 Å². The minimum Gasteiger partial charge on any atom is -0.369 e. The van der Waals surface area contributed by atoms with Gasteiger partial charge in [-0.25, -0.2) is 9.97 Å². The second-order valence-corrected chi connectivity index (χ2v) is 6.53. The molecule has 1 aromatic rings. The third-order valence-corrected chi connectivity index (χ3v) is 4.88. The van der Waals surface area contributed by atoms with E-state index in [-0.39, 0.29) is 0 Å². The predicted molar refractivity (Wildman–Crippen MR) is 90.9 cm³/mol. The van der Waals surface area contributed by atoms with Gasteiger partial charge in [0.1, 0.15) is 11.6 Å². The van der Waals surface area contributed by atoms with Crippen molar-refractivity contribution in [1.29, 1.82) is 0 Å². The first kappa shape index (κ1) is 16.6. The molecule has 1 aromatic heterocycles. The number of nitrogens with zero attached hydrogens (tertiary/aromatic N) is 4. The largest absolute Gasteiger partial charge is 0.369 e. The van der Waals surface area contributed by atoms with Gasteiger partial charge in [-0.2, -0.15) is 0 Å². The van der Waals surface area contributed by atoms with Crippen molar-refractivity contribution in [2.45, 2.75) is 32.7 Å². The van der Waals surface area contributed by atoms with Gasteiger partial charge in [0.05, 0.1) is 10.2 Å². The Labute approximate surface area is 136 Å². The summed E-state index contributed by atoms with van der Waals surface area (Å²) in [5, 5.41) is 3.33. The Balaban J connectivity index is 2.20. The van der Waals surface area contributed by atoms with Crippen LogP contribution in [0.15, 0.2) is 4.47 Å². The molecule has 2 rings (SSSR count). The standard InChI is InChI=1S/C15H26BrN5/c1-5-12-14(16)15(17-6-2)19-13(18-12)9-11-10-20(3)7-8-21(11)4/h11H,5-10H2,1-4H3,(H,17,18,19). The molecule has 1 aliphatic heterocycles. The summed E-state index contributed by atoms with van der Waals surface area (Å²) in [6, 6.07) is 0.490. The van der Waals surface area contributed by atoms with Gasteiger partial charge in [0.15, 0.2) is 0 Å². The molecule has 1 saturated heterocycles. The van der Waals surface area contributed by atoms with Crippen molar-refractivity contribution in [3.8, 4) is 0 Å². The molecule has 0 radical (unpaired) electrons. The highest BCUT2D eigenvalue weighted by Gasteiger charge is 2.24. The Hall–Kier alpha value is -0.720. The quantitative estimate of drug-likeness (QED) is 0.875. The Kier molecular flexibility index (Phi) is 5.96. The molecule has 0 spiro atoms. The van der Waals surface area contributed by atoms with Crippen LogP contribution in [0.5, 0.6) is 0 Å². The summed E-state index contributed by atoms with van der Waals surface area (Å²) in [7, 11) is 4.38. The van der Waals surface area contributed by atoms with Crippen molar-refractivity contribution >= 4 is 21.7 Å². The molecule has 6 heteroatoms. The predicted octanol–water partition coefficient (Wildman–Crippen LogP) is 2.02. The molecule has 21 heavy (non-hydrogen) atoms. The molecular formula is C15H26BrN5. The average molecular weight is 356 g/mol. The fourth-order valence-corrected chi connectivity index (χ4v) is 3.29. The maximum atomic E-state index is 4.74. The van der Waals surface area contributed by atoms with Crippen LogP contribution >= 0.6 is 15.9 Å². The zero-order valence-electron chi connectivity index (χ0n) is 13.5. The number of anilines is 1. The van der Waals surface area contributed by atoms with Crippen molar-refractivity contribution in [3.63, 3.8) is 0 Å². The monoisotopic (exact) mass is 355 g/mol. The van der Waals surface area contributed by atoms with Gasteiger partial charge in [-0.05, 0) is 43.4 Å². The van der Waals surface area contributed by atoms with Gasteiger partial charge in [0, 0.05) is 38.6 Å². The number of likely N-dealkylation sites (N-methyl/N-ethyl adjacent to an activating group) is 2. The van der Waals surface area contributed by atoms with Crippen LogP contribution < -0.4 is 5.32 Å².